The van der Waals surface area contributed by atoms with Crippen molar-refractivity contribution in [3.05, 3.63) is 90.0 Å². The Hall–Kier alpha value is -3.33. The van der Waals surface area contributed by atoms with Crippen LogP contribution in [0.1, 0.15) is 15.9 Å². The number of sulfonamides is 1. The number of halogens is 3. The van der Waals surface area contributed by atoms with Gasteiger partial charge < -0.3 is 5.32 Å². The molecule has 9 heteroatoms. The standard InChI is InChI=1S/C20H15F3N2O3S/c21-20(22,23)16-11-5-7-13-18(16)24-19(26)15-10-4-6-12-17(15)25-29(27,28)14-8-2-1-3-9-14/h1-13,25H,(H,24,26). The fraction of sp³-hybridized carbons (Fsp3) is 0.0500. The summed E-state index contributed by atoms with van der Waals surface area (Å²) in [5.74, 6) is -0.881. The van der Waals surface area contributed by atoms with E-state index in [0.717, 1.165) is 12.1 Å². The third kappa shape index (κ3) is 4.75. The monoisotopic (exact) mass is 420 g/mol. The average Bonchev–Trinajstić information content (AvgIpc) is 2.68. The molecule has 0 unspecified atom stereocenters. The van der Waals surface area contributed by atoms with Crippen molar-refractivity contribution in [2.24, 2.45) is 0 Å². The summed E-state index contributed by atoms with van der Waals surface area (Å²) < 4.78 is 66.8. The van der Waals surface area contributed by atoms with Gasteiger partial charge in [-0.1, -0.05) is 42.5 Å². The van der Waals surface area contributed by atoms with E-state index in [4.69, 9.17) is 0 Å². The van der Waals surface area contributed by atoms with Crippen molar-refractivity contribution in [3.63, 3.8) is 0 Å². The van der Waals surface area contributed by atoms with Crippen LogP contribution in [0.4, 0.5) is 24.5 Å². The lowest BCUT2D eigenvalue weighted by Crippen LogP contribution is -2.20. The van der Waals surface area contributed by atoms with Gasteiger partial charge >= 0.3 is 6.18 Å². The van der Waals surface area contributed by atoms with E-state index in [1.165, 1.54) is 48.5 Å². The summed E-state index contributed by atoms with van der Waals surface area (Å²) in [6.45, 7) is 0. The second-order valence-electron chi connectivity index (χ2n) is 5.96. The van der Waals surface area contributed by atoms with Crippen LogP contribution in [-0.4, -0.2) is 14.3 Å². The van der Waals surface area contributed by atoms with Gasteiger partial charge in [0.25, 0.3) is 15.9 Å². The predicted molar refractivity (Wildman–Crippen MR) is 103 cm³/mol. The first kappa shape index (κ1) is 20.4. The van der Waals surface area contributed by atoms with Crippen LogP contribution >= 0.6 is 0 Å². The summed E-state index contributed by atoms with van der Waals surface area (Å²) in [5.41, 5.74) is -1.61. The van der Waals surface area contributed by atoms with Crippen LogP contribution in [0.15, 0.2) is 83.8 Å². The molecule has 0 fully saturated rings. The van der Waals surface area contributed by atoms with E-state index in [-0.39, 0.29) is 16.1 Å². The van der Waals surface area contributed by atoms with E-state index in [1.54, 1.807) is 18.2 Å². The molecule has 1 amide bonds. The first-order valence-corrected chi connectivity index (χ1v) is 9.81. The topological polar surface area (TPSA) is 75.3 Å². The largest absolute Gasteiger partial charge is 0.418 e. The Bertz CT molecular complexity index is 1130. The van der Waals surface area contributed by atoms with Gasteiger partial charge in [0.2, 0.25) is 0 Å². The molecule has 29 heavy (non-hydrogen) atoms. The lowest BCUT2D eigenvalue weighted by molar-refractivity contribution is -0.136. The van der Waals surface area contributed by atoms with E-state index < -0.39 is 33.4 Å². The molecule has 0 radical (unpaired) electrons. The Labute approximate surface area is 165 Å². The molecule has 0 aliphatic carbocycles. The van der Waals surface area contributed by atoms with Gasteiger partial charge in [0.05, 0.1) is 27.4 Å². The molecule has 0 aromatic heterocycles. The Morgan fingerprint density at radius 1 is 0.759 bits per heavy atom. The molecule has 0 aliphatic rings. The molecule has 3 rings (SSSR count). The molecule has 5 nitrogen and oxygen atoms in total. The molecular weight excluding hydrogens is 405 g/mol. The second-order valence-corrected chi connectivity index (χ2v) is 7.64. The maximum atomic E-state index is 13.1. The third-order valence-corrected chi connectivity index (χ3v) is 5.33. The van der Waals surface area contributed by atoms with Crippen LogP contribution in [0.2, 0.25) is 0 Å². The molecule has 0 heterocycles. The highest BCUT2D eigenvalue weighted by atomic mass is 32.2. The van der Waals surface area contributed by atoms with Gasteiger partial charge in [-0.2, -0.15) is 13.2 Å². The first-order chi connectivity index (χ1) is 13.7. The van der Waals surface area contributed by atoms with Crippen LogP contribution in [0.25, 0.3) is 0 Å². The SMILES string of the molecule is O=C(Nc1ccccc1C(F)(F)F)c1ccccc1NS(=O)(=O)c1ccccc1. The van der Waals surface area contributed by atoms with Crippen molar-refractivity contribution in [1.82, 2.24) is 0 Å². The first-order valence-electron chi connectivity index (χ1n) is 8.33. The summed E-state index contributed by atoms with van der Waals surface area (Å²) in [4.78, 5) is 12.6. The molecule has 2 N–H and O–H groups in total. The summed E-state index contributed by atoms with van der Waals surface area (Å²) in [5, 5.41) is 2.21. The van der Waals surface area contributed by atoms with Crippen molar-refractivity contribution < 1.29 is 26.4 Å². The van der Waals surface area contributed by atoms with E-state index in [1.807, 2.05) is 0 Å². The molecule has 0 aliphatic heterocycles. The molecule has 0 saturated heterocycles. The van der Waals surface area contributed by atoms with Gasteiger partial charge in [-0.3, -0.25) is 9.52 Å². The number of hydrogen-bond acceptors (Lipinski definition) is 3. The van der Waals surface area contributed by atoms with Gasteiger partial charge in [0.1, 0.15) is 0 Å². The van der Waals surface area contributed by atoms with Crippen LogP contribution in [0.5, 0.6) is 0 Å². The highest BCUT2D eigenvalue weighted by Gasteiger charge is 2.33. The fourth-order valence-corrected chi connectivity index (χ4v) is 3.70. The van der Waals surface area contributed by atoms with E-state index in [9.17, 15) is 26.4 Å². The normalized spacial score (nSPS) is 11.7. The number of carbonyl (C=O) groups is 1. The molecule has 0 spiro atoms. The number of para-hydroxylation sites is 2. The summed E-state index contributed by atoms with van der Waals surface area (Å²) in [6, 6.07) is 17.7. The van der Waals surface area contributed by atoms with Crippen molar-refractivity contribution in [3.8, 4) is 0 Å². The van der Waals surface area contributed by atoms with Crippen LogP contribution in [-0.2, 0) is 16.2 Å². The molecule has 150 valence electrons. The van der Waals surface area contributed by atoms with Gasteiger partial charge in [0.15, 0.2) is 0 Å². The minimum atomic E-state index is -4.65. The Morgan fingerprint density at radius 2 is 1.31 bits per heavy atom. The predicted octanol–water partition coefficient (Wildman–Crippen LogP) is 4.76. The number of nitrogens with one attached hydrogen (secondary N) is 2. The lowest BCUT2D eigenvalue weighted by atomic mass is 10.1. The molecule has 3 aromatic carbocycles. The van der Waals surface area contributed by atoms with Crippen LogP contribution in [0.3, 0.4) is 0 Å². The molecule has 3 aromatic rings. The minimum absolute atomic E-state index is 0.0161. The van der Waals surface area contributed by atoms with E-state index in [0.29, 0.717) is 0 Å². The van der Waals surface area contributed by atoms with Crippen molar-refractivity contribution in [2.75, 3.05) is 10.0 Å². The quantitative estimate of drug-likeness (QED) is 0.625. The lowest BCUT2D eigenvalue weighted by Gasteiger charge is -2.15. The average molecular weight is 420 g/mol. The number of benzene rings is 3. The van der Waals surface area contributed by atoms with Crippen molar-refractivity contribution >= 4 is 27.3 Å². The summed E-state index contributed by atoms with van der Waals surface area (Å²) >= 11 is 0. The van der Waals surface area contributed by atoms with Crippen molar-refractivity contribution in [2.45, 2.75) is 11.1 Å². The third-order valence-electron chi connectivity index (χ3n) is 3.95. The van der Waals surface area contributed by atoms with Gasteiger partial charge in [-0.25, -0.2) is 8.42 Å². The summed E-state index contributed by atoms with van der Waals surface area (Å²) in [7, 11) is -3.98. The fourth-order valence-electron chi connectivity index (χ4n) is 2.60. The Balaban J connectivity index is 1.91. The maximum absolute atomic E-state index is 13.1. The molecule has 0 atom stereocenters. The zero-order chi connectivity index (χ0) is 21.1. The number of alkyl halides is 3. The Morgan fingerprint density at radius 3 is 1.97 bits per heavy atom. The van der Waals surface area contributed by atoms with Crippen molar-refractivity contribution in [1.29, 1.82) is 0 Å². The minimum Gasteiger partial charge on any atom is -0.321 e. The molecule has 0 saturated carbocycles. The van der Waals surface area contributed by atoms with Crippen LogP contribution in [0, 0.1) is 0 Å². The second kappa shape index (κ2) is 7.96. The van der Waals surface area contributed by atoms with Crippen LogP contribution < -0.4 is 10.0 Å². The van der Waals surface area contributed by atoms with E-state index in [2.05, 4.69) is 10.0 Å². The van der Waals surface area contributed by atoms with E-state index >= 15 is 0 Å². The number of hydrogen-bond donors (Lipinski definition) is 2. The number of rotatable bonds is 5. The summed E-state index contributed by atoms with van der Waals surface area (Å²) in [6.07, 6.45) is -4.65. The van der Waals surface area contributed by atoms with Gasteiger partial charge in [-0.15, -0.1) is 0 Å². The highest BCUT2D eigenvalue weighted by molar-refractivity contribution is 7.92. The highest BCUT2D eigenvalue weighted by Crippen LogP contribution is 2.35. The number of carbonyl (C=O) groups excluding carboxylic acids is 1. The maximum Gasteiger partial charge on any atom is 0.418 e. The zero-order valence-electron chi connectivity index (χ0n) is 14.8. The Kier molecular flexibility index (Phi) is 5.60. The van der Waals surface area contributed by atoms with Gasteiger partial charge in [-0.05, 0) is 36.4 Å². The number of anilines is 2. The zero-order valence-corrected chi connectivity index (χ0v) is 15.6. The van der Waals surface area contributed by atoms with Gasteiger partial charge in [0, 0.05) is 0 Å². The number of amides is 1. The molecular formula is C20H15F3N2O3S. The smallest absolute Gasteiger partial charge is 0.321 e. The molecule has 0 bridgehead atoms.